The van der Waals surface area contributed by atoms with Crippen molar-refractivity contribution in [2.45, 2.75) is 58.1 Å². The van der Waals surface area contributed by atoms with Gasteiger partial charge in [-0.25, -0.2) is 0 Å². The SMILES string of the molecule is CCOC1CC(Nc2ccc(C)c(O)c2)C12CCCC2. The molecule has 0 amide bonds. The predicted molar refractivity (Wildman–Crippen MR) is 81.2 cm³/mol. The molecule has 2 atom stereocenters. The topological polar surface area (TPSA) is 41.5 Å². The van der Waals surface area contributed by atoms with Crippen molar-refractivity contribution < 1.29 is 9.84 Å². The van der Waals surface area contributed by atoms with Gasteiger partial charge >= 0.3 is 0 Å². The van der Waals surface area contributed by atoms with E-state index in [1.807, 2.05) is 19.1 Å². The Morgan fingerprint density at radius 1 is 1.35 bits per heavy atom. The lowest BCUT2D eigenvalue weighted by Gasteiger charge is -2.54. The van der Waals surface area contributed by atoms with Crippen molar-refractivity contribution >= 4 is 5.69 Å². The summed E-state index contributed by atoms with van der Waals surface area (Å²) in [6.45, 7) is 4.82. The fourth-order valence-corrected chi connectivity index (χ4v) is 3.99. The molecule has 1 aromatic carbocycles. The minimum atomic E-state index is 0.330. The first-order valence-corrected chi connectivity index (χ1v) is 7.83. The van der Waals surface area contributed by atoms with Crippen molar-refractivity contribution in [1.82, 2.24) is 0 Å². The van der Waals surface area contributed by atoms with Gasteiger partial charge in [-0.3, -0.25) is 0 Å². The monoisotopic (exact) mass is 275 g/mol. The number of anilines is 1. The molecule has 0 saturated heterocycles. The molecule has 0 aromatic heterocycles. The molecule has 2 aliphatic rings. The number of ether oxygens (including phenoxy) is 1. The molecule has 110 valence electrons. The molecule has 20 heavy (non-hydrogen) atoms. The number of benzene rings is 1. The Balaban J connectivity index is 1.72. The molecule has 2 fully saturated rings. The number of aromatic hydroxyl groups is 1. The van der Waals surface area contributed by atoms with E-state index in [2.05, 4.69) is 18.3 Å². The summed E-state index contributed by atoms with van der Waals surface area (Å²) in [4.78, 5) is 0. The Kier molecular flexibility index (Phi) is 3.63. The van der Waals surface area contributed by atoms with Crippen molar-refractivity contribution in [3.05, 3.63) is 23.8 Å². The average Bonchev–Trinajstić information content (AvgIpc) is 2.94. The highest BCUT2D eigenvalue weighted by atomic mass is 16.5. The van der Waals surface area contributed by atoms with Crippen LogP contribution in [0.5, 0.6) is 5.75 Å². The van der Waals surface area contributed by atoms with Crippen LogP contribution in [0.1, 0.15) is 44.6 Å². The van der Waals surface area contributed by atoms with Crippen LogP contribution >= 0.6 is 0 Å². The minimum absolute atomic E-state index is 0.330. The fraction of sp³-hybridized carbons (Fsp3) is 0.647. The normalized spacial score (nSPS) is 27.5. The molecule has 2 N–H and O–H groups in total. The first-order chi connectivity index (χ1) is 9.65. The van der Waals surface area contributed by atoms with E-state index in [1.165, 1.54) is 25.7 Å². The summed E-state index contributed by atoms with van der Waals surface area (Å²) in [5.74, 6) is 0.371. The number of rotatable bonds is 4. The maximum absolute atomic E-state index is 9.83. The molecule has 1 aromatic rings. The van der Waals surface area contributed by atoms with E-state index in [0.717, 1.165) is 24.3 Å². The summed E-state index contributed by atoms with van der Waals surface area (Å²) in [7, 11) is 0. The molecule has 3 rings (SSSR count). The smallest absolute Gasteiger partial charge is 0.120 e. The van der Waals surface area contributed by atoms with Crippen LogP contribution in [0.4, 0.5) is 5.69 Å². The van der Waals surface area contributed by atoms with Crippen molar-refractivity contribution in [3.63, 3.8) is 0 Å². The van der Waals surface area contributed by atoms with Crippen LogP contribution < -0.4 is 5.32 Å². The third kappa shape index (κ3) is 2.18. The summed E-state index contributed by atoms with van der Waals surface area (Å²) in [5, 5.41) is 13.5. The Morgan fingerprint density at radius 2 is 2.10 bits per heavy atom. The second-order valence-electron chi connectivity index (χ2n) is 6.32. The second-order valence-corrected chi connectivity index (χ2v) is 6.32. The molecule has 0 bridgehead atoms. The first kappa shape index (κ1) is 13.7. The number of hydrogen-bond acceptors (Lipinski definition) is 3. The summed E-state index contributed by atoms with van der Waals surface area (Å²) < 4.78 is 5.94. The van der Waals surface area contributed by atoms with Crippen LogP contribution in [0.3, 0.4) is 0 Å². The Hall–Kier alpha value is -1.22. The summed E-state index contributed by atoms with van der Waals surface area (Å²) in [6, 6.07) is 6.36. The molecule has 2 unspecified atom stereocenters. The lowest BCUT2D eigenvalue weighted by Crippen LogP contribution is -2.60. The molecule has 1 spiro atoms. The largest absolute Gasteiger partial charge is 0.508 e. The van der Waals surface area contributed by atoms with Gasteiger partial charge in [0, 0.05) is 29.8 Å². The van der Waals surface area contributed by atoms with Gasteiger partial charge < -0.3 is 15.2 Å². The van der Waals surface area contributed by atoms with E-state index in [-0.39, 0.29) is 0 Å². The van der Waals surface area contributed by atoms with Crippen molar-refractivity contribution in [2.75, 3.05) is 11.9 Å². The van der Waals surface area contributed by atoms with E-state index in [0.29, 0.717) is 23.3 Å². The van der Waals surface area contributed by atoms with Gasteiger partial charge in [0.25, 0.3) is 0 Å². The zero-order valence-corrected chi connectivity index (χ0v) is 12.5. The quantitative estimate of drug-likeness (QED) is 0.877. The third-order valence-electron chi connectivity index (χ3n) is 5.24. The van der Waals surface area contributed by atoms with E-state index >= 15 is 0 Å². The van der Waals surface area contributed by atoms with Gasteiger partial charge in [-0.2, -0.15) is 0 Å². The van der Waals surface area contributed by atoms with Gasteiger partial charge in [0.15, 0.2) is 0 Å². The molecule has 0 heterocycles. The fourth-order valence-electron chi connectivity index (χ4n) is 3.99. The van der Waals surface area contributed by atoms with Crippen molar-refractivity contribution in [2.24, 2.45) is 5.41 Å². The highest BCUT2D eigenvalue weighted by molar-refractivity contribution is 5.52. The van der Waals surface area contributed by atoms with Crippen LogP contribution in [0.15, 0.2) is 18.2 Å². The second kappa shape index (κ2) is 5.28. The van der Waals surface area contributed by atoms with Gasteiger partial charge in [0.2, 0.25) is 0 Å². The summed E-state index contributed by atoms with van der Waals surface area (Å²) in [6.07, 6.45) is 6.69. The van der Waals surface area contributed by atoms with E-state index < -0.39 is 0 Å². The number of hydrogen-bond donors (Lipinski definition) is 2. The zero-order valence-electron chi connectivity index (χ0n) is 12.5. The van der Waals surface area contributed by atoms with Gasteiger partial charge in [-0.1, -0.05) is 18.9 Å². The Labute approximate surface area is 121 Å². The summed E-state index contributed by atoms with van der Waals surface area (Å²) >= 11 is 0. The number of aryl methyl sites for hydroxylation is 1. The third-order valence-corrected chi connectivity index (χ3v) is 5.24. The minimum Gasteiger partial charge on any atom is -0.508 e. The molecular weight excluding hydrogens is 250 g/mol. The molecule has 2 saturated carbocycles. The van der Waals surface area contributed by atoms with Crippen LogP contribution in [-0.2, 0) is 4.74 Å². The van der Waals surface area contributed by atoms with E-state index in [1.54, 1.807) is 0 Å². The van der Waals surface area contributed by atoms with Gasteiger partial charge in [0.1, 0.15) is 5.75 Å². The Bertz CT molecular complexity index is 480. The maximum Gasteiger partial charge on any atom is 0.120 e. The molecule has 3 nitrogen and oxygen atoms in total. The molecule has 0 radical (unpaired) electrons. The van der Waals surface area contributed by atoms with E-state index in [9.17, 15) is 5.11 Å². The van der Waals surface area contributed by atoms with Crippen LogP contribution in [0, 0.1) is 12.3 Å². The van der Waals surface area contributed by atoms with Crippen LogP contribution in [0.2, 0.25) is 0 Å². The van der Waals surface area contributed by atoms with Crippen molar-refractivity contribution in [3.8, 4) is 5.75 Å². The summed E-state index contributed by atoms with van der Waals surface area (Å²) in [5.41, 5.74) is 2.28. The molecule has 2 aliphatic carbocycles. The zero-order chi connectivity index (χ0) is 14.2. The number of nitrogens with one attached hydrogen (secondary N) is 1. The highest BCUT2D eigenvalue weighted by Crippen LogP contribution is 2.55. The van der Waals surface area contributed by atoms with Crippen LogP contribution in [0.25, 0.3) is 0 Å². The average molecular weight is 275 g/mol. The maximum atomic E-state index is 9.83. The predicted octanol–water partition coefficient (Wildman–Crippen LogP) is 3.85. The van der Waals surface area contributed by atoms with Gasteiger partial charge in [-0.15, -0.1) is 0 Å². The van der Waals surface area contributed by atoms with E-state index in [4.69, 9.17) is 4.74 Å². The number of phenolic OH excluding ortho intramolecular Hbond substituents is 1. The molecular formula is C17H25NO2. The van der Waals surface area contributed by atoms with Gasteiger partial charge in [0.05, 0.1) is 6.10 Å². The standard InChI is InChI=1S/C17H25NO2/c1-3-20-16-11-15(17(16)8-4-5-9-17)18-13-7-6-12(2)14(19)10-13/h6-7,10,15-16,18-19H,3-5,8-9,11H2,1-2H3. The first-order valence-electron chi connectivity index (χ1n) is 7.83. The lowest BCUT2D eigenvalue weighted by atomic mass is 9.60. The van der Waals surface area contributed by atoms with Gasteiger partial charge in [-0.05, 0) is 44.7 Å². The van der Waals surface area contributed by atoms with Crippen LogP contribution in [-0.4, -0.2) is 23.9 Å². The highest BCUT2D eigenvalue weighted by Gasteiger charge is 2.56. The molecule has 0 aliphatic heterocycles. The van der Waals surface area contributed by atoms with Crippen molar-refractivity contribution in [1.29, 1.82) is 0 Å². The number of phenols is 1. The molecule has 3 heteroatoms. The Morgan fingerprint density at radius 3 is 2.75 bits per heavy atom. The lowest BCUT2D eigenvalue weighted by molar-refractivity contribution is -0.114.